The van der Waals surface area contributed by atoms with Crippen LogP contribution in [0.5, 0.6) is 0 Å². The summed E-state index contributed by atoms with van der Waals surface area (Å²) in [6.45, 7) is 5.22. The molecule has 5 rings (SSSR count). The van der Waals surface area contributed by atoms with E-state index >= 15 is 0 Å². The molecule has 176 valence electrons. The van der Waals surface area contributed by atoms with Gasteiger partial charge in [-0.05, 0) is 54.2 Å². The molecule has 3 unspecified atom stereocenters. The van der Waals surface area contributed by atoms with Gasteiger partial charge in [-0.15, -0.1) is 0 Å². The van der Waals surface area contributed by atoms with Crippen LogP contribution in [0.25, 0.3) is 11.3 Å². The highest BCUT2D eigenvalue weighted by molar-refractivity contribution is 6.31. The van der Waals surface area contributed by atoms with Crippen molar-refractivity contribution < 1.29 is 18.4 Å². The molecule has 2 N–H and O–H groups in total. The predicted molar refractivity (Wildman–Crippen MR) is 120 cm³/mol. The van der Waals surface area contributed by atoms with Crippen LogP contribution in [-0.2, 0) is 17.9 Å². The Labute approximate surface area is 196 Å². The number of carbonyl (C=O) groups excluding carboxylic acids is 2. The van der Waals surface area contributed by atoms with Crippen molar-refractivity contribution in [2.24, 2.45) is 22.5 Å². The van der Waals surface area contributed by atoms with Crippen molar-refractivity contribution in [3.05, 3.63) is 40.3 Å². The van der Waals surface area contributed by atoms with Gasteiger partial charge in [0, 0.05) is 18.5 Å². The first-order valence-electron chi connectivity index (χ1n) is 11.3. The molecule has 33 heavy (non-hydrogen) atoms. The van der Waals surface area contributed by atoms with Crippen LogP contribution in [0.15, 0.2) is 18.2 Å². The Morgan fingerprint density at radius 3 is 2.67 bits per heavy atom. The summed E-state index contributed by atoms with van der Waals surface area (Å²) in [5.41, 5.74) is 6.71. The maximum Gasteiger partial charge on any atom is 0.252 e. The summed E-state index contributed by atoms with van der Waals surface area (Å²) in [4.78, 5) is 27.5. The van der Waals surface area contributed by atoms with Gasteiger partial charge in [0.25, 0.3) is 5.91 Å². The average Bonchev–Trinajstić information content (AvgIpc) is 3.31. The lowest BCUT2D eigenvalue weighted by Crippen LogP contribution is -2.43. The lowest BCUT2D eigenvalue weighted by Gasteiger charge is -2.39. The Bertz CT molecular complexity index is 1160. The van der Waals surface area contributed by atoms with Crippen molar-refractivity contribution in [3.8, 4) is 11.3 Å². The molecule has 2 aliphatic carbocycles. The number of alkyl halides is 1. The van der Waals surface area contributed by atoms with E-state index < -0.39 is 17.9 Å². The standard InChI is InChI=1S/C24H27ClF2N4O2/c1-23(2)14-5-6-24(23,10-17(14)27)11-19(32)30-7-8-31-18(12-30)20(22(28)33)21(29-31)13-3-4-16(26)15(25)9-13/h3-4,9,14,17H,5-8,10-12H2,1-2H3,(H2,28,33). The van der Waals surface area contributed by atoms with Gasteiger partial charge in [-0.1, -0.05) is 25.4 Å². The molecule has 2 saturated carbocycles. The molecule has 2 heterocycles. The predicted octanol–water partition coefficient (Wildman–Crippen LogP) is 4.34. The molecule has 6 nitrogen and oxygen atoms in total. The van der Waals surface area contributed by atoms with Crippen molar-refractivity contribution >= 4 is 23.4 Å². The molecule has 0 radical (unpaired) electrons. The van der Waals surface area contributed by atoms with E-state index in [-0.39, 0.29) is 39.8 Å². The SMILES string of the molecule is CC1(C)C2CCC1(CC(=O)N1CCn3nc(-c4ccc(F)c(Cl)c4)c(C(N)=O)c3C1)CC2F. The summed E-state index contributed by atoms with van der Waals surface area (Å²) in [5, 5.41) is 4.45. The van der Waals surface area contributed by atoms with Gasteiger partial charge < -0.3 is 10.6 Å². The molecular weight excluding hydrogens is 450 g/mol. The fourth-order valence-electron chi connectivity index (χ4n) is 6.45. The van der Waals surface area contributed by atoms with Crippen LogP contribution in [0.4, 0.5) is 8.78 Å². The zero-order valence-corrected chi connectivity index (χ0v) is 19.5. The molecular formula is C24H27ClF2N4O2. The first-order valence-corrected chi connectivity index (χ1v) is 11.7. The van der Waals surface area contributed by atoms with Crippen molar-refractivity contribution in [2.75, 3.05) is 6.54 Å². The first-order chi connectivity index (χ1) is 15.5. The number of amides is 2. The Morgan fingerprint density at radius 2 is 2.06 bits per heavy atom. The number of fused-ring (bicyclic) bond motifs is 3. The van der Waals surface area contributed by atoms with Crippen LogP contribution in [0, 0.1) is 22.6 Å². The first kappa shape index (κ1) is 22.3. The molecule has 2 amide bonds. The summed E-state index contributed by atoms with van der Waals surface area (Å²) >= 11 is 5.93. The van der Waals surface area contributed by atoms with E-state index in [1.807, 2.05) is 0 Å². The smallest absolute Gasteiger partial charge is 0.252 e. The molecule has 0 spiro atoms. The van der Waals surface area contributed by atoms with E-state index in [1.165, 1.54) is 18.2 Å². The minimum Gasteiger partial charge on any atom is -0.365 e. The lowest BCUT2D eigenvalue weighted by atomic mass is 9.67. The van der Waals surface area contributed by atoms with Gasteiger partial charge >= 0.3 is 0 Å². The number of hydrogen-bond acceptors (Lipinski definition) is 3. The van der Waals surface area contributed by atoms with Gasteiger partial charge in [-0.3, -0.25) is 14.3 Å². The fraction of sp³-hybridized carbons (Fsp3) is 0.542. The summed E-state index contributed by atoms with van der Waals surface area (Å²) < 4.78 is 29.9. The van der Waals surface area contributed by atoms with Crippen LogP contribution in [0.1, 0.15) is 55.6 Å². The number of nitrogens with zero attached hydrogens (tertiary/aromatic N) is 3. The summed E-state index contributed by atoms with van der Waals surface area (Å²) in [6.07, 6.45) is 1.58. The number of hydrogen-bond donors (Lipinski definition) is 1. The number of rotatable bonds is 4. The van der Waals surface area contributed by atoms with E-state index in [2.05, 4.69) is 18.9 Å². The quantitative estimate of drug-likeness (QED) is 0.712. The highest BCUT2D eigenvalue weighted by Crippen LogP contribution is 2.68. The molecule has 9 heteroatoms. The second-order valence-corrected chi connectivity index (χ2v) is 10.7. The van der Waals surface area contributed by atoms with E-state index in [1.54, 1.807) is 9.58 Å². The molecule has 3 aliphatic rings. The minimum atomic E-state index is -0.851. The van der Waals surface area contributed by atoms with E-state index in [0.29, 0.717) is 42.9 Å². The van der Waals surface area contributed by atoms with Crippen LogP contribution < -0.4 is 5.73 Å². The average molecular weight is 477 g/mol. The Hall–Kier alpha value is -2.48. The maximum atomic E-state index is 14.6. The summed E-state index contributed by atoms with van der Waals surface area (Å²) in [5.74, 6) is -1.26. The van der Waals surface area contributed by atoms with Crippen molar-refractivity contribution in [1.29, 1.82) is 0 Å². The van der Waals surface area contributed by atoms with Gasteiger partial charge in [0.05, 0.1) is 29.4 Å². The van der Waals surface area contributed by atoms with Crippen molar-refractivity contribution in [3.63, 3.8) is 0 Å². The van der Waals surface area contributed by atoms with Gasteiger partial charge in [-0.2, -0.15) is 5.10 Å². The normalized spacial score (nSPS) is 27.6. The monoisotopic (exact) mass is 476 g/mol. The van der Waals surface area contributed by atoms with E-state index in [0.717, 1.165) is 12.8 Å². The Kier molecular flexibility index (Phi) is 5.08. The lowest BCUT2D eigenvalue weighted by molar-refractivity contribution is -0.136. The number of carbonyl (C=O) groups is 2. The van der Waals surface area contributed by atoms with Crippen molar-refractivity contribution in [1.82, 2.24) is 14.7 Å². The van der Waals surface area contributed by atoms with Gasteiger partial charge in [0.1, 0.15) is 17.7 Å². The third-order valence-electron chi connectivity index (χ3n) is 8.51. The van der Waals surface area contributed by atoms with Crippen LogP contribution >= 0.6 is 11.6 Å². The maximum absolute atomic E-state index is 14.6. The third-order valence-corrected chi connectivity index (χ3v) is 8.80. The minimum absolute atomic E-state index is 0.0136. The topological polar surface area (TPSA) is 81.2 Å². The van der Waals surface area contributed by atoms with E-state index in [9.17, 15) is 18.4 Å². The highest BCUT2D eigenvalue weighted by atomic mass is 35.5. The molecule has 2 fully saturated rings. The Morgan fingerprint density at radius 1 is 1.30 bits per heavy atom. The second-order valence-electron chi connectivity index (χ2n) is 10.2. The second kappa shape index (κ2) is 7.52. The molecule has 1 aliphatic heterocycles. The third kappa shape index (κ3) is 3.28. The van der Waals surface area contributed by atoms with Gasteiger partial charge in [0.15, 0.2) is 0 Å². The Balaban J connectivity index is 1.43. The number of halogens is 3. The fourth-order valence-corrected chi connectivity index (χ4v) is 6.63. The molecule has 3 atom stereocenters. The van der Waals surface area contributed by atoms with Crippen molar-refractivity contribution in [2.45, 2.75) is 58.8 Å². The molecule has 2 bridgehead atoms. The van der Waals surface area contributed by atoms with Gasteiger partial charge in [-0.25, -0.2) is 8.78 Å². The number of primary amides is 1. The number of benzene rings is 1. The summed E-state index contributed by atoms with van der Waals surface area (Å²) in [7, 11) is 0. The van der Waals surface area contributed by atoms with Crippen LogP contribution in [-0.4, -0.2) is 39.2 Å². The van der Waals surface area contributed by atoms with Gasteiger partial charge in [0.2, 0.25) is 5.91 Å². The zero-order chi connectivity index (χ0) is 23.7. The molecule has 2 aromatic rings. The molecule has 0 saturated heterocycles. The largest absolute Gasteiger partial charge is 0.365 e. The highest BCUT2D eigenvalue weighted by Gasteiger charge is 2.64. The van der Waals surface area contributed by atoms with Crippen LogP contribution in [0.3, 0.4) is 0 Å². The number of aromatic nitrogens is 2. The number of nitrogens with two attached hydrogens (primary N) is 1. The molecule has 1 aromatic heterocycles. The summed E-state index contributed by atoms with van der Waals surface area (Å²) in [6, 6.07) is 4.12. The molecule has 1 aromatic carbocycles. The van der Waals surface area contributed by atoms with Crippen LogP contribution in [0.2, 0.25) is 5.02 Å². The zero-order valence-electron chi connectivity index (χ0n) is 18.7. The van der Waals surface area contributed by atoms with E-state index in [4.69, 9.17) is 17.3 Å².